The fourth-order valence-corrected chi connectivity index (χ4v) is 2.63. The lowest BCUT2D eigenvalue weighted by molar-refractivity contribution is -0.122. The van der Waals surface area contributed by atoms with Gasteiger partial charge in [0.05, 0.1) is 17.9 Å². The number of halogens is 1. The van der Waals surface area contributed by atoms with Crippen molar-refractivity contribution >= 4 is 17.5 Å². The first kappa shape index (κ1) is 22.1. The Balaban J connectivity index is 2.30. The van der Waals surface area contributed by atoms with Crippen molar-refractivity contribution in [3.8, 4) is 11.3 Å². The Hall–Kier alpha value is -2.22. The molecule has 8 heteroatoms. The molecule has 7 nitrogen and oxygen atoms in total. The molecule has 0 aliphatic heterocycles. The number of hydrogen-bond acceptors (Lipinski definition) is 5. The molecule has 0 bridgehead atoms. The van der Waals surface area contributed by atoms with E-state index < -0.39 is 5.60 Å². The summed E-state index contributed by atoms with van der Waals surface area (Å²) in [6.07, 6.45) is 0.392. The summed E-state index contributed by atoms with van der Waals surface area (Å²) < 4.78 is 6.72. The number of ether oxygens (including phenoxy) is 1. The Morgan fingerprint density at radius 2 is 2.00 bits per heavy atom. The van der Waals surface area contributed by atoms with Gasteiger partial charge in [-0.05, 0) is 32.9 Å². The summed E-state index contributed by atoms with van der Waals surface area (Å²) in [5, 5.41) is 13.0. The molecule has 0 radical (unpaired) electrons. The van der Waals surface area contributed by atoms with Gasteiger partial charge in [-0.25, -0.2) is 4.98 Å². The standard InChI is InChI=1S/C20H26ClN3O4/c1-4-28-10-9-17-23-16(14-5-7-15(21)8-6-14)11-19(26)24(17)12-18(25)22-13-20(2,3)27/h5-8,11,27H,4,9-10,12-13H2,1-3H3,(H,22,25). The van der Waals surface area contributed by atoms with Crippen LogP contribution in [0.5, 0.6) is 0 Å². The fourth-order valence-electron chi connectivity index (χ4n) is 2.50. The molecule has 0 aliphatic carbocycles. The number of aliphatic hydroxyl groups is 1. The summed E-state index contributed by atoms with van der Waals surface area (Å²) in [7, 11) is 0. The van der Waals surface area contributed by atoms with Crippen molar-refractivity contribution in [1.82, 2.24) is 14.9 Å². The second-order valence-corrected chi connectivity index (χ2v) is 7.46. The van der Waals surface area contributed by atoms with E-state index in [0.29, 0.717) is 36.2 Å². The highest BCUT2D eigenvalue weighted by Gasteiger charge is 2.17. The molecule has 2 rings (SSSR count). The van der Waals surface area contributed by atoms with Gasteiger partial charge in [0.15, 0.2) is 0 Å². The molecule has 2 aromatic rings. The predicted octanol–water partition coefficient (Wildman–Crippen LogP) is 2.03. The summed E-state index contributed by atoms with van der Waals surface area (Å²) in [5.41, 5.74) is -0.0845. The lowest BCUT2D eigenvalue weighted by Gasteiger charge is -2.18. The number of nitrogens with one attached hydrogen (secondary N) is 1. The molecule has 152 valence electrons. The number of nitrogens with zero attached hydrogens (tertiary/aromatic N) is 2. The minimum absolute atomic E-state index is 0.0884. The Morgan fingerprint density at radius 1 is 1.32 bits per heavy atom. The van der Waals surface area contributed by atoms with E-state index in [9.17, 15) is 14.7 Å². The Bertz CT molecular complexity index is 857. The van der Waals surface area contributed by atoms with Crippen LogP contribution in [0.1, 0.15) is 26.6 Å². The topological polar surface area (TPSA) is 93.5 Å². The first-order chi connectivity index (χ1) is 13.2. The molecule has 1 amide bonds. The van der Waals surface area contributed by atoms with E-state index in [4.69, 9.17) is 16.3 Å². The molecule has 1 aromatic carbocycles. The van der Waals surface area contributed by atoms with Crippen LogP contribution in [0.15, 0.2) is 35.1 Å². The van der Waals surface area contributed by atoms with Crippen LogP contribution in [-0.2, 0) is 22.5 Å². The smallest absolute Gasteiger partial charge is 0.254 e. The maximum atomic E-state index is 12.7. The average molecular weight is 408 g/mol. The number of aromatic nitrogens is 2. The van der Waals surface area contributed by atoms with Crippen LogP contribution >= 0.6 is 11.6 Å². The van der Waals surface area contributed by atoms with Gasteiger partial charge in [-0.2, -0.15) is 0 Å². The minimum Gasteiger partial charge on any atom is -0.389 e. The number of hydrogen-bond donors (Lipinski definition) is 2. The molecule has 0 unspecified atom stereocenters. The zero-order valence-electron chi connectivity index (χ0n) is 16.4. The maximum absolute atomic E-state index is 12.7. The van der Waals surface area contributed by atoms with E-state index >= 15 is 0 Å². The van der Waals surface area contributed by atoms with Gasteiger partial charge in [0, 0.05) is 36.2 Å². The lowest BCUT2D eigenvalue weighted by atomic mass is 10.1. The van der Waals surface area contributed by atoms with Gasteiger partial charge in [-0.3, -0.25) is 14.2 Å². The van der Waals surface area contributed by atoms with Gasteiger partial charge in [-0.15, -0.1) is 0 Å². The van der Waals surface area contributed by atoms with Crippen molar-refractivity contribution in [2.45, 2.75) is 39.3 Å². The molecule has 1 aromatic heterocycles. The Labute approximate surface area is 169 Å². The number of rotatable bonds is 9. The second-order valence-electron chi connectivity index (χ2n) is 7.02. The summed E-state index contributed by atoms with van der Waals surface area (Å²) in [5.74, 6) is 0.0900. The van der Waals surface area contributed by atoms with E-state index in [1.165, 1.54) is 10.6 Å². The van der Waals surface area contributed by atoms with Gasteiger partial charge in [0.2, 0.25) is 5.91 Å². The van der Waals surface area contributed by atoms with Crippen LogP contribution in [-0.4, -0.2) is 45.9 Å². The van der Waals surface area contributed by atoms with E-state index in [-0.39, 0.29) is 24.6 Å². The third kappa shape index (κ3) is 6.74. The van der Waals surface area contributed by atoms with Crippen LogP contribution in [0.4, 0.5) is 0 Å². The minimum atomic E-state index is -1.03. The SMILES string of the molecule is CCOCCc1nc(-c2ccc(Cl)cc2)cc(=O)n1CC(=O)NCC(C)(C)O. The van der Waals surface area contributed by atoms with Gasteiger partial charge in [-0.1, -0.05) is 23.7 Å². The molecule has 28 heavy (non-hydrogen) atoms. The van der Waals surface area contributed by atoms with Crippen molar-refractivity contribution in [2.24, 2.45) is 0 Å². The molecular formula is C20H26ClN3O4. The molecule has 0 saturated heterocycles. The molecule has 1 heterocycles. The highest BCUT2D eigenvalue weighted by atomic mass is 35.5. The van der Waals surface area contributed by atoms with Crippen molar-refractivity contribution in [1.29, 1.82) is 0 Å². The van der Waals surface area contributed by atoms with Crippen LogP contribution in [0.3, 0.4) is 0 Å². The van der Waals surface area contributed by atoms with Crippen molar-refractivity contribution in [2.75, 3.05) is 19.8 Å². The van der Waals surface area contributed by atoms with Crippen LogP contribution in [0.2, 0.25) is 5.02 Å². The average Bonchev–Trinajstić information content (AvgIpc) is 2.62. The number of amides is 1. The van der Waals surface area contributed by atoms with E-state index in [0.717, 1.165) is 5.56 Å². The van der Waals surface area contributed by atoms with E-state index in [1.54, 1.807) is 38.1 Å². The molecule has 0 atom stereocenters. The highest BCUT2D eigenvalue weighted by molar-refractivity contribution is 6.30. The molecule has 2 N–H and O–H groups in total. The van der Waals surface area contributed by atoms with E-state index in [2.05, 4.69) is 10.3 Å². The predicted molar refractivity (Wildman–Crippen MR) is 108 cm³/mol. The molecular weight excluding hydrogens is 382 g/mol. The molecule has 0 aliphatic rings. The highest BCUT2D eigenvalue weighted by Crippen LogP contribution is 2.19. The Kier molecular flexibility index (Phi) is 7.74. The van der Waals surface area contributed by atoms with Gasteiger partial charge in [0.1, 0.15) is 12.4 Å². The van der Waals surface area contributed by atoms with Crippen LogP contribution in [0, 0.1) is 0 Å². The molecule has 0 spiro atoms. The number of carbonyl (C=O) groups excluding carboxylic acids is 1. The summed E-state index contributed by atoms with van der Waals surface area (Å²) >= 11 is 5.93. The summed E-state index contributed by atoms with van der Waals surface area (Å²) in [6, 6.07) is 8.44. The summed E-state index contributed by atoms with van der Waals surface area (Å²) in [4.78, 5) is 29.5. The van der Waals surface area contributed by atoms with Gasteiger partial charge < -0.3 is 15.2 Å². The largest absolute Gasteiger partial charge is 0.389 e. The fraction of sp³-hybridized carbons (Fsp3) is 0.450. The number of carbonyl (C=O) groups is 1. The third-order valence-corrected chi connectivity index (χ3v) is 4.17. The zero-order valence-corrected chi connectivity index (χ0v) is 17.1. The number of benzene rings is 1. The Morgan fingerprint density at radius 3 is 2.61 bits per heavy atom. The second kappa shape index (κ2) is 9.82. The quantitative estimate of drug-likeness (QED) is 0.620. The molecule has 0 saturated carbocycles. The van der Waals surface area contributed by atoms with Crippen molar-refractivity contribution < 1.29 is 14.6 Å². The normalized spacial score (nSPS) is 11.5. The van der Waals surface area contributed by atoms with Gasteiger partial charge >= 0.3 is 0 Å². The van der Waals surface area contributed by atoms with E-state index in [1.807, 2.05) is 6.92 Å². The van der Waals surface area contributed by atoms with Crippen LogP contribution < -0.4 is 10.9 Å². The first-order valence-corrected chi connectivity index (χ1v) is 9.51. The lowest BCUT2D eigenvalue weighted by Crippen LogP contribution is -2.41. The zero-order chi connectivity index (χ0) is 20.7. The monoisotopic (exact) mass is 407 g/mol. The van der Waals surface area contributed by atoms with Gasteiger partial charge in [0.25, 0.3) is 5.56 Å². The van der Waals surface area contributed by atoms with Crippen LogP contribution in [0.25, 0.3) is 11.3 Å². The third-order valence-electron chi connectivity index (χ3n) is 3.92. The molecule has 0 fully saturated rings. The van der Waals surface area contributed by atoms with Crippen molar-refractivity contribution in [3.05, 3.63) is 51.5 Å². The van der Waals surface area contributed by atoms with Crippen molar-refractivity contribution in [3.63, 3.8) is 0 Å². The first-order valence-electron chi connectivity index (χ1n) is 9.13. The maximum Gasteiger partial charge on any atom is 0.254 e. The summed E-state index contributed by atoms with van der Waals surface area (Å²) in [6.45, 7) is 5.92.